The molecule has 0 bridgehead atoms. The van der Waals surface area contributed by atoms with Gasteiger partial charge in [-0.2, -0.15) is 5.10 Å². The highest BCUT2D eigenvalue weighted by molar-refractivity contribution is 5.92. The quantitative estimate of drug-likeness (QED) is 0.501. The van der Waals surface area contributed by atoms with E-state index in [1.165, 1.54) is 40.6 Å². The van der Waals surface area contributed by atoms with Crippen LogP contribution in [-0.2, 0) is 0 Å². The van der Waals surface area contributed by atoms with Gasteiger partial charge in [-0.3, -0.25) is 0 Å². The van der Waals surface area contributed by atoms with Crippen LogP contribution in [0.4, 0.5) is 0 Å². The number of nitrogens with zero attached hydrogens (tertiary/aromatic N) is 3. The Labute approximate surface area is 171 Å². The molecule has 0 atom stereocenters. The lowest BCUT2D eigenvalue weighted by Gasteiger charge is -2.26. The van der Waals surface area contributed by atoms with E-state index in [1.807, 2.05) is 4.52 Å². The summed E-state index contributed by atoms with van der Waals surface area (Å²) < 4.78 is 1.87. The van der Waals surface area contributed by atoms with Crippen LogP contribution in [0.3, 0.4) is 0 Å². The Morgan fingerprint density at radius 1 is 1.14 bits per heavy atom. The fourth-order valence-electron chi connectivity index (χ4n) is 4.99. The second-order valence-corrected chi connectivity index (χ2v) is 8.93. The Hall–Kier alpha value is -2.66. The van der Waals surface area contributed by atoms with E-state index in [-0.39, 0.29) is 0 Å². The van der Waals surface area contributed by atoms with Crippen molar-refractivity contribution in [2.24, 2.45) is 5.73 Å². The Morgan fingerprint density at radius 2 is 1.93 bits per heavy atom. The number of aromatic nitrogens is 4. The van der Waals surface area contributed by atoms with E-state index in [0.29, 0.717) is 17.9 Å². The molecule has 1 aliphatic rings. The van der Waals surface area contributed by atoms with Crippen LogP contribution < -0.4 is 5.73 Å². The fourth-order valence-corrected chi connectivity index (χ4v) is 4.99. The van der Waals surface area contributed by atoms with Crippen LogP contribution in [0.2, 0.25) is 0 Å². The zero-order valence-electron chi connectivity index (χ0n) is 17.4. The summed E-state index contributed by atoms with van der Waals surface area (Å²) in [5, 5.41) is 5.70. The Morgan fingerprint density at radius 3 is 2.69 bits per heavy atom. The highest BCUT2D eigenvalue weighted by Crippen LogP contribution is 2.39. The molecule has 3 heterocycles. The smallest absolute Gasteiger partial charge is 0.158 e. The maximum absolute atomic E-state index is 6.12. The highest BCUT2D eigenvalue weighted by atomic mass is 15.3. The molecule has 1 saturated carbocycles. The molecule has 29 heavy (non-hydrogen) atoms. The number of fused-ring (bicyclic) bond motifs is 2. The summed E-state index contributed by atoms with van der Waals surface area (Å²) in [6.07, 6.45) is 8.36. The first-order valence-electron chi connectivity index (χ1n) is 10.7. The highest BCUT2D eigenvalue weighted by Gasteiger charge is 2.22. The van der Waals surface area contributed by atoms with Crippen molar-refractivity contribution in [2.75, 3.05) is 0 Å². The van der Waals surface area contributed by atoms with Gasteiger partial charge in [-0.25, -0.2) is 9.50 Å². The average molecular weight is 388 g/mol. The van der Waals surface area contributed by atoms with Gasteiger partial charge in [0.05, 0.1) is 5.69 Å². The zero-order valence-corrected chi connectivity index (χ0v) is 17.4. The van der Waals surface area contributed by atoms with Gasteiger partial charge >= 0.3 is 0 Å². The summed E-state index contributed by atoms with van der Waals surface area (Å²) in [6.45, 7) is 6.65. The van der Waals surface area contributed by atoms with Gasteiger partial charge in [-0.15, -0.1) is 0 Å². The van der Waals surface area contributed by atoms with Crippen LogP contribution in [-0.4, -0.2) is 25.6 Å². The largest absolute Gasteiger partial charge is 0.354 e. The SMILES string of the molecule is Cc1cc(-c2[nH]c3ccc(C4CCC(N)CC4)cc3c2C(C)C)cn2ncnc12. The molecular weight excluding hydrogens is 358 g/mol. The van der Waals surface area contributed by atoms with Gasteiger partial charge in [0.2, 0.25) is 0 Å². The van der Waals surface area contributed by atoms with Crippen molar-refractivity contribution >= 4 is 16.6 Å². The first kappa shape index (κ1) is 18.4. The third kappa shape index (κ3) is 3.14. The fraction of sp³-hybridized carbons (Fsp3) is 0.417. The molecule has 5 rings (SSSR count). The van der Waals surface area contributed by atoms with E-state index >= 15 is 0 Å². The number of aromatic amines is 1. The van der Waals surface area contributed by atoms with Crippen molar-refractivity contribution in [1.82, 2.24) is 19.6 Å². The van der Waals surface area contributed by atoms with Crippen LogP contribution in [0, 0.1) is 6.92 Å². The normalized spacial score (nSPS) is 20.2. The monoisotopic (exact) mass is 387 g/mol. The van der Waals surface area contributed by atoms with Crippen molar-refractivity contribution in [3.05, 3.63) is 53.5 Å². The molecule has 3 N–H and O–H groups in total. The van der Waals surface area contributed by atoms with Gasteiger partial charge in [0.15, 0.2) is 5.65 Å². The molecule has 3 aromatic heterocycles. The van der Waals surface area contributed by atoms with E-state index in [1.54, 1.807) is 6.33 Å². The molecule has 5 heteroatoms. The first-order chi connectivity index (χ1) is 14.0. The minimum absolute atomic E-state index is 0.384. The lowest BCUT2D eigenvalue weighted by atomic mass is 9.81. The van der Waals surface area contributed by atoms with Crippen LogP contribution in [0.25, 0.3) is 27.8 Å². The maximum Gasteiger partial charge on any atom is 0.158 e. The number of benzene rings is 1. The predicted octanol–water partition coefficient (Wildman–Crippen LogP) is 5.29. The molecule has 0 radical (unpaired) electrons. The summed E-state index contributed by atoms with van der Waals surface area (Å²) in [7, 11) is 0. The molecule has 0 unspecified atom stereocenters. The van der Waals surface area contributed by atoms with E-state index in [4.69, 9.17) is 5.73 Å². The van der Waals surface area contributed by atoms with Gasteiger partial charge in [0, 0.05) is 28.7 Å². The first-order valence-corrected chi connectivity index (χ1v) is 10.7. The molecule has 1 aromatic carbocycles. The minimum Gasteiger partial charge on any atom is -0.354 e. The number of aryl methyl sites for hydroxylation is 1. The van der Waals surface area contributed by atoms with Crippen LogP contribution in [0.5, 0.6) is 0 Å². The predicted molar refractivity (Wildman–Crippen MR) is 118 cm³/mol. The van der Waals surface area contributed by atoms with E-state index in [9.17, 15) is 0 Å². The van der Waals surface area contributed by atoms with Crippen LogP contribution in [0.1, 0.15) is 68.1 Å². The third-order valence-corrected chi connectivity index (χ3v) is 6.53. The number of nitrogens with one attached hydrogen (secondary N) is 1. The summed E-state index contributed by atoms with van der Waals surface area (Å²) in [6, 6.07) is 9.59. The van der Waals surface area contributed by atoms with Crippen LogP contribution in [0.15, 0.2) is 36.8 Å². The Bertz CT molecular complexity index is 1170. The van der Waals surface area contributed by atoms with Gasteiger partial charge in [0.1, 0.15) is 6.33 Å². The van der Waals surface area contributed by atoms with Crippen molar-refractivity contribution in [2.45, 2.75) is 64.3 Å². The summed E-state index contributed by atoms with van der Waals surface area (Å²) in [5.41, 5.74) is 14.6. The standard InChI is InChI=1S/C24H29N5/c1-14(2)22-20-11-17(16-4-7-19(25)8-5-16)6-9-21(20)28-23(22)18-10-15(3)24-26-13-27-29(24)12-18/h6,9-14,16,19,28H,4-5,7-8,25H2,1-3H3. The minimum atomic E-state index is 0.384. The molecule has 0 amide bonds. The molecule has 0 spiro atoms. The lowest BCUT2D eigenvalue weighted by Crippen LogP contribution is -2.25. The van der Waals surface area contributed by atoms with Crippen molar-refractivity contribution in [3.8, 4) is 11.3 Å². The van der Waals surface area contributed by atoms with Crippen molar-refractivity contribution in [1.29, 1.82) is 0 Å². The second kappa shape index (κ2) is 6.99. The lowest BCUT2D eigenvalue weighted by molar-refractivity contribution is 0.396. The number of nitrogens with two attached hydrogens (primary N) is 1. The summed E-state index contributed by atoms with van der Waals surface area (Å²) in [5.74, 6) is 1.05. The number of rotatable bonds is 3. The number of hydrogen-bond acceptors (Lipinski definition) is 3. The van der Waals surface area contributed by atoms with E-state index in [0.717, 1.165) is 29.6 Å². The van der Waals surface area contributed by atoms with E-state index in [2.05, 4.69) is 66.3 Å². The average Bonchev–Trinajstić information content (AvgIpc) is 3.32. The van der Waals surface area contributed by atoms with E-state index < -0.39 is 0 Å². The third-order valence-electron chi connectivity index (χ3n) is 6.53. The Balaban J connectivity index is 1.64. The van der Waals surface area contributed by atoms with Gasteiger partial charge in [0.25, 0.3) is 0 Å². The van der Waals surface area contributed by atoms with Gasteiger partial charge < -0.3 is 10.7 Å². The molecule has 0 saturated heterocycles. The van der Waals surface area contributed by atoms with Crippen molar-refractivity contribution < 1.29 is 0 Å². The molecule has 4 aromatic rings. The number of pyridine rings is 1. The summed E-state index contributed by atoms with van der Waals surface area (Å²) >= 11 is 0. The second-order valence-electron chi connectivity index (χ2n) is 8.93. The van der Waals surface area contributed by atoms with Crippen LogP contribution >= 0.6 is 0 Å². The maximum atomic E-state index is 6.12. The summed E-state index contributed by atoms with van der Waals surface area (Å²) in [4.78, 5) is 8.06. The number of H-pyrrole nitrogens is 1. The molecule has 0 aliphatic heterocycles. The molecule has 150 valence electrons. The zero-order chi connectivity index (χ0) is 20.1. The topological polar surface area (TPSA) is 72.0 Å². The molecule has 1 fully saturated rings. The molecule has 5 nitrogen and oxygen atoms in total. The van der Waals surface area contributed by atoms with Gasteiger partial charge in [-0.05, 0) is 79.3 Å². The Kier molecular flexibility index (Phi) is 4.43. The van der Waals surface area contributed by atoms with Crippen molar-refractivity contribution in [3.63, 3.8) is 0 Å². The molecule has 1 aliphatic carbocycles. The van der Waals surface area contributed by atoms with Gasteiger partial charge in [-0.1, -0.05) is 19.9 Å². The number of hydrogen-bond donors (Lipinski definition) is 2. The molecular formula is C24H29N5.